The molecule has 0 unspecified atom stereocenters. The number of anilines is 1. The smallest absolute Gasteiger partial charge is 0.225 e. The Kier molecular flexibility index (Phi) is 4.16. The molecule has 5 heteroatoms. The van der Waals surface area contributed by atoms with Crippen LogP contribution in [0.3, 0.4) is 0 Å². The van der Waals surface area contributed by atoms with Crippen molar-refractivity contribution in [2.24, 2.45) is 5.92 Å². The highest BCUT2D eigenvalue weighted by atomic mass is 16.2. The summed E-state index contributed by atoms with van der Waals surface area (Å²) >= 11 is 0. The molecule has 0 saturated carbocycles. The van der Waals surface area contributed by atoms with Crippen LogP contribution in [0.5, 0.6) is 0 Å². The molecule has 1 fully saturated rings. The van der Waals surface area contributed by atoms with Crippen molar-refractivity contribution in [2.45, 2.75) is 13.8 Å². The van der Waals surface area contributed by atoms with Crippen molar-refractivity contribution >= 4 is 22.6 Å². The van der Waals surface area contributed by atoms with Crippen LogP contribution < -0.4 is 4.90 Å². The monoisotopic (exact) mass is 308 g/mol. The summed E-state index contributed by atoms with van der Waals surface area (Å²) in [6, 6.07) is 12.0. The summed E-state index contributed by atoms with van der Waals surface area (Å²) in [7, 11) is 0. The molecule has 5 nitrogen and oxygen atoms in total. The second-order valence-electron chi connectivity index (χ2n) is 6.13. The molecule has 0 radical (unpaired) electrons. The summed E-state index contributed by atoms with van der Waals surface area (Å²) in [6.45, 7) is 6.62. The number of hydrogen-bond donors (Lipinski definition) is 0. The molecule has 2 heterocycles. The minimum Gasteiger partial charge on any atom is -0.352 e. The SMILES string of the molecule is CC(C)C(=O)N1CCN(c2nc3ccccc3cc2C#N)CC1. The molecule has 1 aliphatic heterocycles. The number of piperazine rings is 1. The molecule has 1 aromatic heterocycles. The van der Waals surface area contributed by atoms with Gasteiger partial charge >= 0.3 is 0 Å². The Labute approximate surface area is 136 Å². The summed E-state index contributed by atoms with van der Waals surface area (Å²) in [5, 5.41) is 10.4. The maximum atomic E-state index is 12.1. The predicted octanol–water partition coefficient (Wildman–Crippen LogP) is 2.41. The van der Waals surface area contributed by atoms with Gasteiger partial charge in [-0.05, 0) is 12.1 Å². The number of hydrogen-bond acceptors (Lipinski definition) is 4. The summed E-state index contributed by atoms with van der Waals surface area (Å²) in [6.07, 6.45) is 0. The van der Waals surface area contributed by atoms with Crippen LogP contribution in [0.25, 0.3) is 10.9 Å². The third kappa shape index (κ3) is 2.98. The summed E-state index contributed by atoms with van der Waals surface area (Å²) in [5.74, 6) is 0.939. The molecule has 2 aromatic rings. The van der Waals surface area contributed by atoms with E-state index in [1.807, 2.05) is 49.1 Å². The van der Waals surface area contributed by atoms with Gasteiger partial charge in [0.15, 0.2) is 0 Å². The lowest BCUT2D eigenvalue weighted by Gasteiger charge is -2.36. The van der Waals surface area contributed by atoms with E-state index in [0.29, 0.717) is 31.7 Å². The highest BCUT2D eigenvalue weighted by molar-refractivity contribution is 5.83. The fraction of sp³-hybridized carbons (Fsp3) is 0.389. The largest absolute Gasteiger partial charge is 0.352 e. The van der Waals surface area contributed by atoms with Crippen LogP contribution in [-0.2, 0) is 4.79 Å². The van der Waals surface area contributed by atoms with Gasteiger partial charge in [0.05, 0.1) is 11.1 Å². The third-order valence-electron chi connectivity index (χ3n) is 4.21. The van der Waals surface area contributed by atoms with Crippen LogP contribution in [0.4, 0.5) is 5.82 Å². The van der Waals surface area contributed by atoms with Crippen molar-refractivity contribution in [2.75, 3.05) is 31.1 Å². The number of para-hydroxylation sites is 1. The summed E-state index contributed by atoms with van der Waals surface area (Å²) < 4.78 is 0. The standard InChI is InChI=1S/C18H20N4O/c1-13(2)18(23)22-9-7-21(8-10-22)17-15(12-19)11-14-5-3-4-6-16(14)20-17/h3-6,11,13H,7-10H2,1-2H3. The first kappa shape index (κ1) is 15.3. The summed E-state index contributed by atoms with van der Waals surface area (Å²) in [4.78, 5) is 20.8. The van der Waals surface area contributed by atoms with Gasteiger partial charge in [-0.2, -0.15) is 5.26 Å². The zero-order valence-electron chi connectivity index (χ0n) is 13.5. The van der Waals surface area contributed by atoms with Crippen LogP contribution in [0.15, 0.2) is 30.3 Å². The van der Waals surface area contributed by atoms with E-state index in [0.717, 1.165) is 16.7 Å². The van der Waals surface area contributed by atoms with Crippen LogP contribution >= 0.6 is 0 Å². The fourth-order valence-electron chi connectivity index (χ4n) is 2.93. The molecule has 0 N–H and O–H groups in total. The topological polar surface area (TPSA) is 60.2 Å². The minimum atomic E-state index is 0.0232. The molecule has 0 atom stereocenters. The predicted molar refractivity (Wildman–Crippen MR) is 90.1 cm³/mol. The molecule has 1 saturated heterocycles. The maximum Gasteiger partial charge on any atom is 0.225 e. The minimum absolute atomic E-state index is 0.0232. The van der Waals surface area contributed by atoms with Crippen molar-refractivity contribution in [3.05, 3.63) is 35.9 Å². The number of nitrogens with zero attached hydrogens (tertiary/aromatic N) is 4. The second-order valence-corrected chi connectivity index (χ2v) is 6.13. The quantitative estimate of drug-likeness (QED) is 0.855. The van der Waals surface area contributed by atoms with Crippen molar-refractivity contribution < 1.29 is 4.79 Å². The van der Waals surface area contributed by atoms with E-state index in [2.05, 4.69) is 16.0 Å². The van der Waals surface area contributed by atoms with Gasteiger partial charge < -0.3 is 9.80 Å². The molecule has 1 aromatic carbocycles. The number of benzene rings is 1. The Morgan fingerprint density at radius 1 is 1.22 bits per heavy atom. The number of nitriles is 1. The number of amides is 1. The van der Waals surface area contributed by atoms with E-state index in [-0.39, 0.29) is 11.8 Å². The Hall–Kier alpha value is -2.61. The highest BCUT2D eigenvalue weighted by Crippen LogP contribution is 2.24. The Balaban J connectivity index is 1.84. The Bertz CT molecular complexity index is 770. The molecule has 0 spiro atoms. The number of carbonyl (C=O) groups is 1. The number of aromatic nitrogens is 1. The van der Waals surface area contributed by atoms with Gasteiger partial charge in [0.2, 0.25) is 5.91 Å². The van der Waals surface area contributed by atoms with Crippen molar-refractivity contribution in [1.82, 2.24) is 9.88 Å². The zero-order valence-corrected chi connectivity index (χ0v) is 13.5. The van der Waals surface area contributed by atoms with E-state index in [1.54, 1.807) is 0 Å². The second kappa shape index (κ2) is 6.25. The molecule has 3 rings (SSSR count). The molecular formula is C18H20N4O. The Morgan fingerprint density at radius 2 is 1.91 bits per heavy atom. The third-order valence-corrected chi connectivity index (χ3v) is 4.21. The highest BCUT2D eigenvalue weighted by Gasteiger charge is 2.25. The van der Waals surface area contributed by atoms with E-state index in [9.17, 15) is 10.1 Å². The Morgan fingerprint density at radius 3 is 2.57 bits per heavy atom. The van der Waals surface area contributed by atoms with Gasteiger partial charge in [0.25, 0.3) is 0 Å². The van der Waals surface area contributed by atoms with Crippen LogP contribution in [0.1, 0.15) is 19.4 Å². The normalized spacial score (nSPS) is 15.0. The lowest BCUT2D eigenvalue weighted by atomic mass is 10.1. The first-order valence-electron chi connectivity index (χ1n) is 7.94. The van der Waals surface area contributed by atoms with E-state index >= 15 is 0 Å². The molecule has 1 amide bonds. The lowest BCUT2D eigenvalue weighted by Crippen LogP contribution is -2.50. The van der Waals surface area contributed by atoms with Gasteiger partial charge in [-0.3, -0.25) is 4.79 Å². The molecule has 118 valence electrons. The average molecular weight is 308 g/mol. The molecule has 1 aliphatic rings. The van der Waals surface area contributed by atoms with Crippen LogP contribution in [0.2, 0.25) is 0 Å². The number of carbonyl (C=O) groups excluding carboxylic acids is 1. The lowest BCUT2D eigenvalue weighted by molar-refractivity contribution is -0.134. The van der Waals surface area contributed by atoms with E-state index < -0.39 is 0 Å². The van der Waals surface area contributed by atoms with Crippen molar-refractivity contribution in [1.29, 1.82) is 5.26 Å². The van der Waals surface area contributed by atoms with Gasteiger partial charge in [-0.15, -0.1) is 0 Å². The first-order chi connectivity index (χ1) is 11.1. The number of pyridine rings is 1. The van der Waals surface area contributed by atoms with Gasteiger partial charge in [0.1, 0.15) is 11.9 Å². The molecule has 0 aliphatic carbocycles. The van der Waals surface area contributed by atoms with Crippen LogP contribution in [0, 0.1) is 17.2 Å². The van der Waals surface area contributed by atoms with Gasteiger partial charge in [-0.1, -0.05) is 32.0 Å². The van der Waals surface area contributed by atoms with Crippen LogP contribution in [-0.4, -0.2) is 42.0 Å². The van der Waals surface area contributed by atoms with Crippen molar-refractivity contribution in [3.8, 4) is 6.07 Å². The number of fused-ring (bicyclic) bond motifs is 1. The molecule has 0 bridgehead atoms. The zero-order chi connectivity index (χ0) is 16.4. The van der Waals surface area contributed by atoms with Crippen molar-refractivity contribution in [3.63, 3.8) is 0 Å². The first-order valence-corrected chi connectivity index (χ1v) is 7.94. The van der Waals surface area contributed by atoms with E-state index in [4.69, 9.17) is 0 Å². The maximum absolute atomic E-state index is 12.1. The van der Waals surface area contributed by atoms with Gasteiger partial charge in [0, 0.05) is 37.5 Å². The molecule has 23 heavy (non-hydrogen) atoms. The fourth-order valence-corrected chi connectivity index (χ4v) is 2.93. The van der Waals surface area contributed by atoms with Gasteiger partial charge in [-0.25, -0.2) is 4.98 Å². The molecular weight excluding hydrogens is 288 g/mol. The number of rotatable bonds is 2. The van der Waals surface area contributed by atoms with E-state index in [1.165, 1.54) is 0 Å². The average Bonchev–Trinajstić information content (AvgIpc) is 2.60. The summed E-state index contributed by atoms with van der Waals surface area (Å²) in [5.41, 5.74) is 1.48.